The van der Waals surface area contributed by atoms with Crippen molar-refractivity contribution >= 4 is 48.9 Å². The summed E-state index contributed by atoms with van der Waals surface area (Å²) in [6, 6.07) is 10.1. The SMILES string of the molecule is CS(=O)(=O)N1CC=C(c2cc3c(Nc4ccc5[nH]ncc5c4)ccnc3[nH]2)CC1. The van der Waals surface area contributed by atoms with Crippen LogP contribution in [0.4, 0.5) is 11.4 Å². The molecule has 4 aromatic rings. The lowest BCUT2D eigenvalue weighted by Crippen LogP contribution is -2.33. The maximum atomic E-state index is 11.7. The Morgan fingerprint density at radius 1 is 1.21 bits per heavy atom. The van der Waals surface area contributed by atoms with Gasteiger partial charge in [-0.15, -0.1) is 0 Å². The monoisotopic (exact) mass is 408 g/mol. The molecule has 9 heteroatoms. The van der Waals surface area contributed by atoms with E-state index in [0.29, 0.717) is 19.5 Å². The predicted octanol–water partition coefficient (Wildman–Crippen LogP) is 3.23. The maximum absolute atomic E-state index is 11.7. The van der Waals surface area contributed by atoms with Gasteiger partial charge in [0.15, 0.2) is 0 Å². The smallest absolute Gasteiger partial charge is 0.211 e. The summed E-state index contributed by atoms with van der Waals surface area (Å²) in [5.41, 5.74) is 5.78. The average Bonchev–Trinajstić information content (AvgIpc) is 3.34. The molecule has 0 aliphatic carbocycles. The number of anilines is 2. The molecule has 0 unspecified atom stereocenters. The number of rotatable bonds is 4. The second-order valence-corrected chi connectivity index (χ2v) is 9.18. The van der Waals surface area contributed by atoms with E-state index in [-0.39, 0.29) is 0 Å². The maximum Gasteiger partial charge on any atom is 0.211 e. The molecule has 0 amide bonds. The molecule has 3 N–H and O–H groups in total. The van der Waals surface area contributed by atoms with E-state index in [2.05, 4.69) is 31.5 Å². The molecule has 1 aliphatic rings. The number of nitrogens with zero attached hydrogens (tertiary/aromatic N) is 3. The molecule has 0 fully saturated rings. The fourth-order valence-corrected chi connectivity index (χ4v) is 4.45. The fraction of sp³-hybridized carbons (Fsp3) is 0.200. The quantitative estimate of drug-likeness (QED) is 0.481. The summed E-state index contributed by atoms with van der Waals surface area (Å²) in [5.74, 6) is 0. The van der Waals surface area contributed by atoms with Crippen LogP contribution in [0.1, 0.15) is 12.1 Å². The third-order valence-electron chi connectivity index (χ3n) is 5.24. The second kappa shape index (κ2) is 6.71. The van der Waals surface area contributed by atoms with E-state index in [1.807, 2.05) is 30.3 Å². The third kappa shape index (κ3) is 3.39. The van der Waals surface area contributed by atoms with Crippen LogP contribution in [0, 0.1) is 0 Å². The van der Waals surface area contributed by atoms with Gasteiger partial charge >= 0.3 is 0 Å². The molecule has 4 heterocycles. The minimum Gasteiger partial charge on any atom is -0.355 e. The lowest BCUT2D eigenvalue weighted by Gasteiger charge is -2.23. The Hall–Kier alpha value is -3.17. The van der Waals surface area contributed by atoms with Crippen LogP contribution in [-0.4, -0.2) is 52.2 Å². The lowest BCUT2D eigenvalue weighted by molar-refractivity contribution is 0.445. The fourth-order valence-electron chi connectivity index (χ4n) is 3.68. The zero-order valence-electron chi connectivity index (χ0n) is 15.8. The van der Waals surface area contributed by atoms with Crippen LogP contribution < -0.4 is 5.32 Å². The van der Waals surface area contributed by atoms with Gasteiger partial charge in [0.05, 0.1) is 23.7 Å². The van der Waals surface area contributed by atoms with Gasteiger partial charge in [-0.2, -0.15) is 9.40 Å². The molecular weight excluding hydrogens is 388 g/mol. The molecule has 0 bridgehead atoms. The molecule has 0 saturated heterocycles. The summed E-state index contributed by atoms with van der Waals surface area (Å²) >= 11 is 0. The minimum absolute atomic E-state index is 0.396. The Balaban J connectivity index is 1.46. The van der Waals surface area contributed by atoms with Crippen LogP contribution >= 0.6 is 0 Å². The first-order valence-electron chi connectivity index (χ1n) is 9.30. The normalized spacial score (nSPS) is 15.7. The van der Waals surface area contributed by atoms with Gasteiger partial charge in [-0.25, -0.2) is 13.4 Å². The lowest BCUT2D eigenvalue weighted by atomic mass is 10.1. The first kappa shape index (κ1) is 17.9. The zero-order chi connectivity index (χ0) is 20.0. The summed E-state index contributed by atoms with van der Waals surface area (Å²) < 4.78 is 24.9. The Morgan fingerprint density at radius 3 is 2.90 bits per heavy atom. The largest absolute Gasteiger partial charge is 0.355 e. The third-order valence-corrected chi connectivity index (χ3v) is 6.51. The molecule has 1 aliphatic heterocycles. The van der Waals surface area contributed by atoms with Crippen molar-refractivity contribution in [3.8, 4) is 0 Å². The Morgan fingerprint density at radius 2 is 2.10 bits per heavy atom. The predicted molar refractivity (Wildman–Crippen MR) is 114 cm³/mol. The van der Waals surface area contributed by atoms with Gasteiger partial charge < -0.3 is 10.3 Å². The number of aromatic amines is 2. The number of hydrogen-bond donors (Lipinski definition) is 3. The number of pyridine rings is 1. The Kier molecular flexibility index (Phi) is 4.14. The highest BCUT2D eigenvalue weighted by Crippen LogP contribution is 2.31. The second-order valence-electron chi connectivity index (χ2n) is 7.20. The zero-order valence-corrected chi connectivity index (χ0v) is 16.6. The molecule has 5 rings (SSSR count). The van der Waals surface area contributed by atoms with Crippen LogP contribution in [0.2, 0.25) is 0 Å². The van der Waals surface area contributed by atoms with Gasteiger partial charge in [-0.05, 0) is 42.3 Å². The van der Waals surface area contributed by atoms with E-state index in [1.165, 1.54) is 10.6 Å². The molecule has 8 nitrogen and oxygen atoms in total. The first-order chi connectivity index (χ1) is 14.0. The standard InChI is InChI=1S/C20H20N6O2S/c1-29(27,28)26-8-5-13(6-9-26)19-11-16-18(4-7-21-20(16)24-19)23-15-2-3-17-14(10-15)12-22-25-17/h2-5,7,10-12H,6,8-9H2,1H3,(H,22,25)(H2,21,23,24). The number of nitrogens with one attached hydrogen (secondary N) is 3. The average molecular weight is 408 g/mol. The number of aromatic nitrogens is 4. The van der Waals surface area contributed by atoms with Crippen LogP contribution in [0.15, 0.2) is 48.8 Å². The van der Waals surface area contributed by atoms with Crippen LogP contribution in [-0.2, 0) is 10.0 Å². The van der Waals surface area contributed by atoms with Crippen molar-refractivity contribution in [3.05, 3.63) is 54.5 Å². The minimum atomic E-state index is -3.16. The first-order valence-corrected chi connectivity index (χ1v) is 11.1. The highest BCUT2D eigenvalue weighted by atomic mass is 32.2. The summed E-state index contributed by atoms with van der Waals surface area (Å²) in [6.07, 6.45) is 7.45. The van der Waals surface area contributed by atoms with Crippen LogP contribution in [0.25, 0.3) is 27.5 Å². The van der Waals surface area contributed by atoms with Crippen molar-refractivity contribution < 1.29 is 8.42 Å². The topological polar surface area (TPSA) is 107 Å². The van der Waals surface area contributed by atoms with Crippen molar-refractivity contribution in [1.29, 1.82) is 0 Å². The highest BCUT2D eigenvalue weighted by molar-refractivity contribution is 7.88. The van der Waals surface area contributed by atoms with Gasteiger partial charge in [0, 0.05) is 41.4 Å². The van der Waals surface area contributed by atoms with E-state index in [4.69, 9.17) is 0 Å². The van der Waals surface area contributed by atoms with E-state index < -0.39 is 10.0 Å². The summed E-state index contributed by atoms with van der Waals surface area (Å²) in [7, 11) is -3.16. The van der Waals surface area contributed by atoms with Crippen molar-refractivity contribution in [3.63, 3.8) is 0 Å². The molecule has 148 valence electrons. The molecule has 3 aromatic heterocycles. The van der Waals surface area contributed by atoms with Crippen molar-refractivity contribution in [2.24, 2.45) is 0 Å². The van der Waals surface area contributed by atoms with Gasteiger partial charge in [-0.1, -0.05) is 6.08 Å². The van der Waals surface area contributed by atoms with Gasteiger partial charge in [0.25, 0.3) is 0 Å². The molecule has 0 radical (unpaired) electrons. The van der Waals surface area contributed by atoms with Gasteiger partial charge in [-0.3, -0.25) is 5.10 Å². The van der Waals surface area contributed by atoms with Crippen molar-refractivity contribution in [2.75, 3.05) is 24.7 Å². The highest BCUT2D eigenvalue weighted by Gasteiger charge is 2.21. The Bertz CT molecular complexity index is 1350. The summed E-state index contributed by atoms with van der Waals surface area (Å²) in [6.45, 7) is 0.885. The number of fused-ring (bicyclic) bond motifs is 2. The molecule has 0 spiro atoms. The van der Waals surface area contributed by atoms with Crippen molar-refractivity contribution in [1.82, 2.24) is 24.5 Å². The van der Waals surface area contributed by atoms with Crippen LogP contribution in [0.5, 0.6) is 0 Å². The van der Waals surface area contributed by atoms with E-state index in [9.17, 15) is 8.42 Å². The number of hydrogen-bond acceptors (Lipinski definition) is 5. The molecule has 29 heavy (non-hydrogen) atoms. The van der Waals surface area contributed by atoms with Crippen molar-refractivity contribution in [2.45, 2.75) is 6.42 Å². The van der Waals surface area contributed by atoms with E-state index >= 15 is 0 Å². The molecule has 0 atom stereocenters. The molecule has 1 aromatic carbocycles. The van der Waals surface area contributed by atoms with Crippen LogP contribution in [0.3, 0.4) is 0 Å². The number of benzene rings is 1. The van der Waals surface area contributed by atoms with Gasteiger partial charge in [0.1, 0.15) is 5.65 Å². The van der Waals surface area contributed by atoms with E-state index in [0.717, 1.165) is 44.6 Å². The molecular formula is C20H20N6O2S. The summed E-state index contributed by atoms with van der Waals surface area (Å²) in [5, 5.41) is 12.5. The van der Waals surface area contributed by atoms with Gasteiger partial charge in [0.2, 0.25) is 10.0 Å². The molecule has 0 saturated carbocycles. The summed E-state index contributed by atoms with van der Waals surface area (Å²) in [4.78, 5) is 7.82. The number of sulfonamides is 1. The van der Waals surface area contributed by atoms with E-state index in [1.54, 1.807) is 12.4 Å². The number of H-pyrrole nitrogens is 2. The Labute approximate surface area is 167 Å².